The van der Waals surface area contributed by atoms with Crippen LogP contribution in [-0.2, 0) is 6.42 Å². The lowest BCUT2D eigenvalue weighted by Crippen LogP contribution is -2.08. The lowest BCUT2D eigenvalue weighted by atomic mass is 10.00. The smallest absolute Gasteiger partial charge is 0.0765 e. The lowest BCUT2D eigenvalue weighted by molar-refractivity contribution is 0.198. The van der Waals surface area contributed by atoms with Gasteiger partial charge in [0.25, 0.3) is 0 Å². The molecule has 2 rings (SSSR count). The van der Waals surface area contributed by atoms with Crippen LogP contribution in [0.2, 0.25) is 0 Å². The standard InChI is InChI=1S/C11H15NO/c1-7-6-10-9(8(2)13)4-3-5-11(10)12-7/h3-5,7-8,12-13H,6H2,1-2H3. The summed E-state index contributed by atoms with van der Waals surface area (Å²) in [7, 11) is 0. The molecule has 0 amide bonds. The van der Waals surface area contributed by atoms with Gasteiger partial charge in [0.15, 0.2) is 0 Å². The highest BCUT2D eigenvalue weighted by Gasteiger charge is 2.20. The van der Waals surface area contributed by atoms with Crippen molar-refractivity contribution in [3.63, 3.8) is 0 Å². The maximum atomic E-state index is 9.55. The van der Waals surface area contributed by atoms with Crippen molar-refractivity contribution in [3.8, 4) is 0 Å². The van der Waals surface area contributed by atoms with E-state index in [2.05, 4.69) is 18.3 Å². The minimum absolute atomic E-state index is 0.359. The molecule has 0 radical (unpaired) electrons. The summed E-state index contributed by atoms with van der Waals surface area (Å²) >= 11 is 0. The fraction of sp³-hybridized carbons (Fsp3) is 0.455. The van der Waals surface area contributed by atoms with Gasteiger partial charge in [-0.3, -0.25) is 0 Å². The van der Waals surface area contributed by atoms with E-state index in [0.717, 1.165) is 12.0 Å². The number of rotatable bonds is 1. The van der Waals surface area contributed by atoms with Crippen molar-refractivity contribution < 1.29 is 5.11 Å². The second-order valence-corrected chi connectivity index (χ2v) is 3.80. The molecular weight excluding hydrogens is 162 g/mol. The van der Waals surface area contributed by atoms with Gasteiger partial charge in [0.05, 0.1) is 6.10 Å². The van der Waals surface area contributed by atoms with Crippen LogP contribution in [-0.4, -0.2) is 11.1 Å². The number of benzene rings is 1. The number of aliphatic hydroxyl groups is 1. The maximum absolute atomic E-state index is 9.55. The molecule has 1 aliphatic heterocycles. The van der Waals surface area contributed by atoms with Crippen LogP contribution in [0.1, 0.15) is 31.1 Å². The van der Waals surface area contributed by atoms with Crippen LogP contribution in [0.15, 0.2) is 18.2 Å². The molecule has 0 aromatic heterocycles. The van der Waals surface area contributed by atoms with E-state index in [1.165, 1.54) is 11.3 Å². The van der Waals surface area contributed by atoms with Crippen molar-refractivity contribution in [3.05, 3.63) is 29.3 Å². The van der Waals surface area contributed by atoms with Crippen LogP contribution in [0.5, 0.6) is 0 Å². The zero-order valence-electron chi connectivity index (χ0n) is 8.04. The lowest BCUT2D eigenvalue weighted by Gasteiger charge is -2.09. The first-order valence-electron chi connectivity index (χ1n) is 4.75. The number of hydrogen-bond donors (Lipinski definition) is 2. The molecule has 70 valence electrons. The average molecular weight is 177 g/mol. The molecule has 1 aromatic carbocycles. The molecule has 0 saturated carbocycles. The minimum Gasteiger partial charge on any atom is -0.389 e. The molecule has 2 nitrogen and oxygen atoms in total. The minimum atomic E-state index is -0.359. The van der Waals surface area contributed by atoms with Crippen LogP contribution >= 0.6 is 0 Å². The van der Waals surface area contributed by atoms with Crippen molar-refractivity contribution in [1.29, 1.82) is 0 Å². The zero-order valence-corrected chi connectivity index (χ0v) is 8.04. The summed E-state index contributed by atoms with van der Waals surface area (Å²) in [6.07, 6.45) is 0.665. The summed E-state index contributed by atoms with van der Waals surface area (Å²) in [5.74, 6) is 0. The number of nitrogens with one attached hydrogen (secondary N) is 1. The Balaban J connectivity index is 2.45. The van der Waals surface area contributed by atoms with Crippen LogP contribution in [0.25, 0.3) is 0 Å². The van der Waals surface area contributed by atoms with E-state index in [0.29, 0.717) is 6.04 Å². The van der Waals surface area contributed by atoms with Crippen LogP contribution in [0, 0.1) is 0 Å². The van der Waals surface area contributed by atoms with E-state index in [4.69, 9.17) is 0 Å². The van der Waals surface area contributed by atoms with E-state index in [-0.39, 0.29) is 6.10 Å². The first-order valence-corrected chi connectivity index (χ1v) is 4.75. The maximum Gasteiger partial charge on any atom is 0.0765 e. The molecule has 0 fully saturated rings. The van der Waals surface area contributed by atoms with Gasteiger partial charge in [-0.2, -0.15) is 0 Å². The van der Waals surface area contributed by atoms with Crippen molar-refractivity contribution in [1.82, 2.24) is 0 Å². The Bertz CT molecular complexity index is 320. The third kappa shape index (κ3) is 1.42. The van der Waals surface area contributed by atoms with Gasteiger partial charge in [0.1, 0.15) is 0 Å². The fourth-order valence-electron chi connectivity index (χ4n) is 1.98. The van der Waals surface area contributed by atoms with Crippen LogP contribution in [0.3, 0.4) is 0 Å². The van der Waals surface area contributed by atoms with Gasteiger partial charge in [-0.05, 0) is 37.5 Å². The van der Waals surface area contributed by atoms with Crippen molar-refractivity contribution in [2.24, 2.45) is 0 Å². The SMILES string of the molecule is CC1Cc2c(cccc2C(C)O)N1. The molecule has 2 N–H and O–H groups in total. The summed E-state index contributed by atoms with van der Waals surface area (Å²) in [6, 6.07) is 6.56. The average Bonchev–Trinajstić information content (AvgIpc) is 2.43. The van der Waals surface area contributed by atoms with E-state index < -0.39 is 0 Å². The second-order valence-electron chi connectivity index (χ2n) is 3.80. The number of aliphatic hydroxyl groups excluding tert-OH is 1. The van der Waals surface area contributed by atoms with Crippen molar-refractivity contribution in [2.75, 3.05) is 5.32 Å². The Hall–Kier alpha value is -1.02. The molecule has 2 unspecified atom stereocenters. The molecule has 1 aromatic rings. The molecule has 13 heavy (non-hydrogen) atoms. The first kappa shape index (κ1) is 8.57. The largest absolute Gasteiger partial charge is 0.389 e. The second kappa shape index (κ2) is 3.04. The topological polar surface area (TPSA) is 32.3 Å². The van der Waals surface area contributed by atoms with E-state index in [9.17, 15) is 5.11 Å². The number of anilines is 1. The predicted octanol–water partition coefficient (Wildman–Crippen LogP) is 2.10. The van der Waals surface area contributed by atoms with Crippen molar-refractivity contribution >= 4 is 5.69 Å². The van der Waals surface area contributed by atoms with Crippen LogP contribution in [0.4, 0.5) is 5.69 Å². The van der Waals surface area contributed by atoms with E-state index in [1.54, 1.807) is 0 Å². The Morgan fingerprint density at radius 3 is 3.00 bits per heavy atom. The van der Waals surface area contributed by atoms with Gasteiger partial charge in [-0.25, -0.2) is 0 Å². The third-order valence-electron chi connectivity index (χ3n) is 2.57. The molecule has 0 spiro atoms. The summed E-state index contributed by atoms with van der Waals surface area (Å²) in [5.41, 5.74) is 3.53. The highest BCUT2D eigenvalue weighted by molar-refractivity contribution is 5.60. The predicted molar refractivity (Wildman–Crippen MR) is 53.9 cm³/mol. The number of fused-ring (bicyclic) bond motifs is 1. The molecule has 0 bridgehead atoms. The van der Waals surface area contributed by atoms with Crippen LogP contribution < -0.4 is 5.32 Å². The van der Waals surface area contributed by atoms with Gasteiger partial charge >= 0.3 is 0 Å². The van der Waals surface area contributed by atoms with Gasteiger partial charge in [0, 0.05) is 11.7 Å². The summed E-state index contributed by atoms with van der Waals surface area (Å²) < 4.78 is 0. The van der Waals surface area contributed by atoms with E-state index >= 15 is 0 Å². The van der Waals surface area contributed by atoms with E-state index in [1.807, 2.05) is 19.1 Å². The van der Waals surface area contributed by atoms with Gasteiger partial charge in [0.2, 0.25) is 0 Å². The molecule has 1 aliphatic rings. The Labute approximate surface area is 78.6 Å². The summed E-state index contributed by atoms with van der Waals surface area (Å²) in [5, 5.41) is 12.9. The molecule has 2 atom stereocenters. The molecule has 0 aliphatic carbocycles. The molecular formula is C11H15NO. The molecule has 1 heterocycles. The van der Waals surface area contributed by atoms with Gasteiger partial charge in [-0.15, -0.1) is 0 Å². The Kier molecular flexibility index (Phi) is 2.00. The Morgan fingerprint density at radius 2 is 2.31 bits per heavy atom. The highest BCUT2D eigenvalue weighted by atomic mass is 16.3. The molecule has 2 heteroatoms. The first-order chi connectivity index (χ1) is 6.18. The van der Waals surface area contributed by atoms with Gasteiger partial charge in [-0.1, -0.05) is 12.1 Å². The fourth-order valence-corrected chi connectivity index (χ4v) is 1.98. The highest BCUT2D eigenvalue weighted by Crippen LogP contribution is 2.31. The van der Waals surface area contributed by atoms with Gasteiger partial charge < -0.3 is 10.4 Å². The van der Waals surface area contributed by atoms with Crippen molar-refractivity contribution in [2.45, 2.75) is 32.4 Å². The quantitative estimate of drug-likeness (QED) is 0.688. The molecule has 0 saturated heterocycles. The monoisotopic (exact) mass is 177 g/mol. The number of hydrogen-bond acceptors (Lipinski definition) is 2. The zero-order chi connectivity index (χ0) is 9.42. The Morgan fingerprint density at radius 1 is 1.54 bits per heavy atom. The summed E-state index contributed by atoms with van der Waals surface area (Å²) in [4.78, 5) is 0. The third-order valence-corrected chi connectivity index (χ3v) is 2.57. The normalized spacial score (nSPS) is 22.2. The summed E-state index contributed by atoms with van der Waals surface area (Å²) in [6.45, 7) is 3.98.